The summed E-state index contributed by atoms with van der Waals surface area (Å²) in [6.45, 7) is 5.31. The Morgan fingerprint density at radius 1 is 1.21 bits per heavy atom. The number of amides is 1. The van der Waals surface area contributed by atoms with Crippen molar-refractivity contribution in [3.8, 4) is 0 Å². The van der Waals surface area contributed by atoms with Crippen molar-refractivity contribution >= 4 is 16.8 Å². The third kappa shape index (κ3) is 2.54. The van der Waals surface area contributed by atoms with Crippen molar-refractivity contribution in [1.29, 1.82) is 0 Å². The van der Waals surface area contributed by atoms with Gasteiger partial charge in [-0.15, -0.1) is 0 Å². The molecule has 24 heavy (non-hydrogen) atoms. The molecular weight excluding hydrogens is 302 g/mol. The minimum Gasteiger partial charge on any atom is -0.336 e. The smallest absolute Gasteiger partial charge is 0.275 e. The highest BCUT2D eigenvalue weighted by molar-refractivity contribution is 6.04. The van der Waals surface area contributed by atoms with E-state index in [9.17, 15) is 4.79 Å². The predicted octanol–water partition coefficient (Wildman–Crippen LogP) is 2.60. The number of nitrogens with zero attached hydrogens (tertiary/aromatic N) is 4. The second-order valence-electron chi connectivity index (χ2n) is 6.36. The quantitative estimate of drug-likeness (QED) is 0.787. The molecule has 6 nitrogen and oxygen atoms in total. The van der Waals surface area contributed by atoms with Crippen LogP contribution in [0.3, 0.4) is 0 Å². The molecule has 122 valence electrons. The zero-order valence-corrected chi connectivity index (χ0v) is 13.8. The van der Waals surface area contributed by atoms with Crippen LogP contribution in [0.1, 0.15) is 40.0 Å². The Morgan fingerprint density at radius 3 is 2.75 bits per heavy atom. The molecule has 1 aliphatic rings. The van der Waals surface area contributed by atoms with E-state index in [-0.39, 0.29) is 11.8 Å². The molecule has 0 radical (unpaired) electrons. The molecule has 0 spiro atoms. The van der Waals surface area contributed by atoms with Gasteiger partial charge in [0.15, 0.2) is 5.69 Å². The fourth-order valence-electron chi connectivity index (χ4n) is 3.37. The Morgan fingerprint density at radius 2 is 1.96 bits per heavy atom. The van der Waals surface area contributed by atoms with Crippen LogP contribution in [0.2, 0.25) is 0 Å². The average molecular weight is 321 g/mol. The minimum absolute atomic E-state index is 0.0284. The zero-order valence-electron chi connectivity index (χ0n) is 13.8. The first kappa shape index (κ1) is 14.8. The van der Waals surface area contributed by atoms with Gasteiger partial charge in [0.1, 0.15) is 5.82 Å². The Bertz CT molecular complexity index is 896. The molecule has 0 aliphatic carbocycles. The van der Waals surface area contributed by atoms with Crippen LogP contribution < -0.4 is 0 Å². The molecule has 3 aromatic rings. The highest BCUT2D eigenvalue weighted by atomic mass is 16.2. The summed E-state index contributed by atoms with van der Waals surface area (Å²) in [6.07, 6.45) is 0.886. The largest absolute Gasteiger partial charge is 0.336 e. The number of H-pyrrole nitrogens is 1. The molecule has 1 amide bonds. The summed E-state index contributed by atoms with van der Waals surface area (Å²) in [5.41, 5.74) is 3.32. The number of hydrogen-bond donors (Lipinski definition) is 1. The summed E-state index contributed by atoms with van der Waals surface area (Å²) in [5, 5.41) is 8.02. The number of nitrogens with one attached hydrogen (secondary N) is 1. The van der Waals surface area contributed by atoms with Crippen LogP contribution in [0.25, 0.3) is 10.9 Å². The van der Waals surface area contributed by atoms with Crippen LogP contribution in [0.15, 0.2) is 30.3 Å². The number of hydrogen-bond acceptors (Lipinski definition) is 4. The van der Waals surface area contributed by atoms with Gasteiger partial charge in [0.2, 0.25) is 0 Å². The Labute approximate surface area is 139 Å². The van der Waals surface area contributed by atoms with Gasteiger partial charge in [0.25, 0.3) is 5.91 Å². The highest BCUT2D eigenvalue weighted by Gasteiger charge is 2.31. The number of carbonyl (C=O) groups is 1. The average Bonchev–Trinajstić information content (AvgIpc) is 3.21. The first-order valence-corrected chi connectivity index (χ1v) is 8.16. The minimum atomic E-state index is -0.0284. The lowest BCUT2D eigenvalue weighted by molar-refractivity contribution is 0.0786. The lowest BCUT2D eigenvalue weighted by atomic mass is 10.1. The van der Waals surface area contributed by atoms with E-state index < -0.39 is 0 Å². The Kier molecular flexibility index (Phi) is 3.52. The summed E-state index contributed by atoms with van der Waals surface area (Å²) >= 11 is 0. The molecule has 1 aromatic carbocycles. The number of likely N-dealkylation sites (tertiary alicyclic amines) is 1. The van der Waals surface area contributed by atoms with Gasteiger partial charge < -0.3 is 4.90 Å². The van der Waals surface area contributed by atoms with E-state index >= 15 is 0 Å². The van der Waals surface area contributed by atoms with Crippen molar-refractivity contribution in [1.82, 2.24) is 25.1 Å². The van der Waals surface area contributed by atoms with Gasteiger partial charge in [-0.1, -0.05) is 18.2 Å². The van der Waals surface area contributed by atoms with E-state index in [0.29, 0.717) is 18.8 Å². The fraction of sp³-hybridized carbons (Fsp3) is 0.333. The maximum Gasteiger partial charge on any atom is 0.275 e. The topological polar surface area (TPSA) is 74.8 Å². The number of aromatic nitrogens is 4. The monoisotopic (exact) mass is 321 g/mol. The summed E-state index contributed by atoms with van der Waals surface area (Å²) in [5.74, 6) is 1.01. The normalized spacial score (nSPS) is 17.6. The first-order valence-electron chi connectivity index (χ1n) is 8.16. The zero-order chi connectivity index (χ0) is 16.7. The van der Waals surface area contributed by atoms with Crippen LogP contribution in [-0.4, -0.2) is 44.1 Å². The molecule has 1 fully saturated rings. The number of aryl methyl sites for hydroxylation is 2. The van der Waals surface area contributed by atoms with Gasteiger partial charge in [-0.2, -0.15) is 5.10 Å². The Hall–Kier alpha value is -2.76. The summed E-state index contributed by atoms with van der Waals surface area (Å²) in [7, 11) is 0. The van der Waals surface area contributed by atoms with Crippen LogP contribution in [0, 0.1) is 13.8 Å². The van der Waals surface area contributed by atoms with E-state index in [1.165, 1.54) is 0 Å². The molecule has 1 N–H and O–H groups in total. The number of benzene rings is 1. The summed E-state index contributed by atoms with van der Waals surface area (Å²) < 4.78 is 0. The van der Waals surface area contributed by atoms with Crippen molar-refractivity contribution < 1.29 is 4.79 Å². The Balaban J connectivity index is 1.57. The SMILES string of the molecule is Cc1cc(C)nc([C@@H]2CCN(C(=O)c3n[nH]c4ccccc34)C2)n1. The van der Waals surface area contributed by atoms with Crippen molar-refractivity contribution in [3.63, 3.8) is 0 Å². The number of fused-ring (bicyclic) bond motifs is 1. The third-order valence-corrected chi connectivity index (χ3v) is 4.51. The van der Waals surface area contributed by atoms with E-state index in [1.54, 1.807) is 0 Å². The van der Waals surface area contributed by atoms with E-state index in [2.05, 4.69) is 20.2 Å². The predicted molar refractivity (Wildman–Crippen MR) is 90.9 cm³/mol. The molecule has 1 saturated heterocycles. The highest BCUT2D eigenvalue weighted by Crippen LogP contribution is 2.27. The standard InChI is InChI=1S/C18H19N5O/c1-11-9-12(2)20-17(19-11)13-7-8-23(10-13)18(24)16-14-5-3-4-6-15(14)21-22-16/h3-6,9,13H,7-8,10H2,1-2H3,(H,21,22)/t13-/m1/s1. The maximum atomic E-state index is 12.8. The molecule has 0 saturated carbocycles. The van der Waals surface area contributed by atoms with Gasteiger partial charge in [-0.25, -0.2) is 9.97 Å². The number of rotatable bonds is 2. The molecule has 0 bridgehead atoms. The van der Waals surface area contributed by atoms with Gasteiger partial charge in [0, 0.05) is 35.8 Å². The van der Waals surface area contributed by atoms with Crippen LogP contribution in [0.5, 0.6) is 0 Å². The molecule has 3 heterocycles. The van der Waals surface area contributed by atoms with Crippen molar-refractivity contribution in [2.75, 3.05) is 13.1 Å². The molecule has 6 heteroatoms. The van der Waals surface area contributed by atoms with E-state index in [1.807, 2.05) is 49.1 Å². The van der Waals surface area contributed by atoms with E-state index in [4.69, 9.17) is 0 Å². The van der Waals surface area contributed by atoms with Gasteiger partial charge in [-0.3, -0.25) is 9.89 Å². The number of carbonyl (C=O) groups excluding carboxylic acids is 1. The second-order valence-corrected chi connectivity index (χ2v) is 6.36. The van der Waals surface area contributed by atoms with E-state index in [0.717, 1.165) is 34.5 Å². The molecule has 0 unspecified atom stereocenters. The third-order valence-electron chi connectivity index (χ3n) is 4.51. The molecular formula is C18H19N5O. The second kappa shape index (κ2) is 5.70. The molecule has 4 rings (SSSR count). The summed E-state index contributed by atoms with van der Waals surface area (Å²) in [6, 6.07) is 9.67. The first-order chi connectivity index (χ1) is 11.6. The lowest BCUT2D eigenvalue weighted by Crippen LogP contribution is -2.29. The fourth-order valence-corrected chi connectivity index (χ4v) is 3.37. The van der Waals surface area contributed by atoms with Gasteiger partial charge in [0.05, 0.1) is 5.52 Å². The van der Waals surface area contributed by atoms with Crippen molar-refractivity contribution in [2.45, 2.75) is 26.2 Å². The van der Waals surface area contributed by atoms with Crippen molar-refractivity contribution in [2.24, 2.45) is 0 Å². The molecule has 1 aliphatic heterocycles. The maximum absolute atomic E-state index is 12.8. The van der Waals surface area contributed by atoms with Crippen LogP contribution in [-0.2, 0) is 0 Å². The number of para-hydroxylation sites is 1. The van der Waals surface area contributed by atoms with Crippen LogP contribution in [0.4, 0.5) is 0 Å². The molecule has 2 aromatic heterocycles. The lowest BCUT2D eigenvalue weighted by Gasteiger charge is -2.15. The van der Waals surface area contributed by atoms with Gasteiger partial charge in [-0.05, 0) is 32.4 Å². The molecule has 1 atom stereocenters. The summed E-state index contributed by atoms with van der Waals surface area (Å²) in [4.78, 5) is 23.8. The van der Waals surface area contributed by atoms with Gasteiger partial charge >= 0.3 is 0 Å². The van der Waals surface area contributed by atoms with Crippen molar-refractivity contribution in [3.05, 3.63) is 53.2 Å². The number of aromatic amines is 1. The van der Waals surface area contributed by atoms with Crippen LogP contribution >= 0.6 is 0 Å².